The van der Waals surface area contributed by atoms with Crippen molar-refractivity contribution in [2.45, 2.75) is 33.4 Å². The fourth-order valence-electron chi connectivity index (χ4n) is 1.84. The van der Waals surface area contributed by atoms with Gasteiger partial charge in [-0.25, -0.2) is 0 Å². The monoisotopic (exact) mass is 235 g/mol. The number of pyridine rings is 1. The molecule has 0 aliphatic heterocycles. The van der Waals surface area contributed by atoms with E-state index >= 15 is 0 Å². The molecule has 1 rings (SSSR count). The highest BCUT2D eigenvalue weighted by molar-refractivity contribution is 5.17. The Bertz CT molecular complexity index is 334. The molecule has 3 nitrogen and oxygen atoms in total. The Morgan fingerprint density at radius 1 is 1.35 bits per heavy atom. The summed E-state index contributed by atoms with van der Waals surface area (Å²) in [6.45, 7) is 8.53. The molecule has 0 saturated carbocycles. The van der Waals surface area contributed by atoms with Crippen LogP contribution in [0.1, 0.15) is 25.1 Å². The van der Waals surface area contributed by atoms with Gasteiger partial charge in [-0.1, -0.05) is 19.9 Å². The number of aromatic nitrogens is 1. The van der Waals surface area contributed by atoms with Crippen molar-refractivity contribution in [2.24, 2.45) is 5.92 Å². The second kappa shape index (κ2) is 6.72. The average Bonchev–Trinajstić information content (AvgIpc) is 2.25. The van der Waals surface area contributed by atoms with E-state index in [0.717, 1.165) is 18.8 Å². The highest BCUT2D eigenvalue weighted by Crippen LogP contribution is 2.07. The minimum Gasteiger partial charge on any atom is -0.308 e. The van der Waals surface area contributed by atoms with Gasteiger partial charge in [-0.3, -0.25) is 4.98 Å². The van der Waals surface area contributed by atoms with E-state index in [-0.39, 0.29) is 0 Å². The summed E-state index contributed by atoms with van der Waals surface area (Å²) in [5, 5.41) is 3.60. The molecule has 0 aliphatic carbocycles. The van der Waals surface area contributed by atoms with Crippen LogP contribution in [-0.2, 0) is 6.54 Å². The van der Waals surface area contributed by atoms with E-state index in [0.29, 0.717) is 12.0 Å². The molecule has 1 heterocycles. The molecule has 96 valence electrons. The molecular weight excluding hydrogens is 210 g/mol. The molecule has 0 bridgehead atoms. The molecule has 0 fully saturated rings. The second-order valence-electron chi connectivity index (χ2n) is 5.26. The maximum atomic E-state index is 4.41. The zero-order valence-electron chi connectivity index (χ0n) is 11.7. The number of nitrogens with zero attached hydrogens (tertiary/aromatic N) is 2. The Kier molecular flexibility index (Phi) is 5.59. The maximum absolute atomic E-state index is 4.41. The van der Waals surface area contributed by atoms with Crippen LogP contribution in [0.5, 0.6) is 0 Å². The fourth-order valence-corrected chi connectivity index (χ4v) is 1.84. The molecule has 1 unspecified atom stereocenters. The molecule has 3 heteroatoms. The van der Waals surface area contributed by atoms with E-state index in [1.54, 1.807) is 0 Å². The highest BCUT2D eigenvalue weighted by atomic mass is 15.1. The number of rotatable bonds is 6. The largest absolute Gasteiger partial charge is 0.308 e. The van der Waals surface area contributed by atoms with E-state index in [4.69, 9.17) is 0 Å². The van der Waals surface area contributed by atoms with Crippen molar-refractivity contribution in [3.8, 4) is 0 Å². The topological polar surface area (TPSA) is 28.2 Å². The van der Waals surface area contributed by atoms with Crippen molar-refractivity contribution in [1.29, 1.82) is 0 Å². The minimum absolute atomic E-state index is 0.506. The number of nitrogens with one attached hydrogen (secondary N) is 1. The summed E-state index contributed by atoms with van der Waals surface area (Å²) >= 11 is 0. The first-order valence-electron chi connectivity index (χ1n) is 6.29. The summed E-state index contributed by atoms with van der Waals surface area (Å²) in [7, 11) is 4.23. The summed E-state index contributed by atoms with van der Waals surface area (Å²) in [6, 6.07) is 4.60. The summed E-state index contributed by atoms with van der Waals surface area (Å²) in [4.78, 5) is 6.64. The quantitative estimate of drug-likeness (QED) is 0.818. The van der Waals surface area contributed by atoms with Gasteiger partial charge in [0.05, 0.1) is 5.69 Å². The smallest absolute Gasteiger partial charge is 0.0570 e. The fraction of sp³-hybridized carbons (Fsp3) is 0.643. The number of likely N-dealkylation sites (N-methyl/N-ethyl adjacent to an activating group) is 1. The van der Waals surface area contributed by atoms with Crippen LogP contribution >= 0.6 is 0 Å². The van der Waals surface area contributed by atoms with E-state index in [1.807, 2.05) is 12.3 Å². The van der Waals surface area contributed by atoms with Crippen molar-refractivity contribution < 1.29 is 0 Å². The van der Waals surface area contributed by atoms with Crippen molar-refractivity contribution in [1.82, 2.24) is 15.2 Å². The molecule has 0 spiro atoms. The first kappa shape index (κ1) is 14.1. The molecule has 0 amide bonds. The Labute approximate surface area is 105 Å². The van der Waals surface area contributed by atoms with Gasteiger partial charge in [-0.05, 0) is 38.6 Å². The Balaban J connectivity index is 2.55. The number of aryl methyl sites for hydroxylation is 1. The van der Waals surface area contributed by atoms with Gasteiger partial charge in [0.2, 0.25) is 0 Å². The van der Waals surface area contributed by atoms with Crippen LogP contribution in [0.3, 0.4) is 0 Å². The van der Waals surface area contributed by atoms with Crippen LogP contribution in [0, 0.1) is 12.8 Å². The van der Waals surface area contributed by atoms with Gasteiger partial charge >= 0.3 is 0 Å². The SMILES string of the molecule is Cc1cccnc1CNC(CN(C)C)C(C)C. The van der Waals surface area contributed by atoms with Crippen LogP contribution in [-0.4, -0.2) is 36.6 Å². The summed E-state index contributed by atoms with van der Waals surface area (Å²) in [5.74, 6) is 0.626. The van der Waals surface area contributed by atoms with E-state index in [1.165, 1.54) is 5.56 Å². The van der Waals surface area contributed by atoms with Gasteiger partial charge in [0.25, 0.3) is 0 Å². The lowest BCUT2D eigenvalue weighted by Crippen LogP contribution is -2.41. The third kappa shape index (κ3) is 4.84. The lowest BCUT2D eigenvalue weighted by molar-refractivity contribution is 0.287. The predicted octanol–water partition coefficient (Wildman–Crippen LogP) is 2.07. The van der Waals surface area contributed by atoms with Crippen LogP contribution in [0.2, 0.25) is 0 Å². The van der Waals surface area contributed by atoms with Gasteiger partial charge in [-0.2, -0.15) is 0 Å². The van der Waals surface area contributed by atoms with Crippen molar-refractivity contribution in [2.75, 3.05) is 20.6 Å². The maximum Gasteiger partial charge on any atom is 0.0570 e. The molecule has 1 aromatic rings. The lowest BCUT2D eigenvalue weighted by Gasteiger charge is -2.25. The van der Waals surface area contributed by atoms with E-state index in [2.05, 4.69) is 56.1 Å². The summed E-state index contributed by atoms with van der Waals surface area (Å²) in [5.41, 5.74) is 2.41. The lowest BCUT2D eigenvalue weighted by atomic mass is 10.0. The summed E-state index contributed by atoms with van der Waals surface area (Å²) in [6.07, 6.45) is 1.86. The molecule has 17 heavy (non-hydrogen) atoms. The van der Waals surface area contributed by atoms with Gasteiger partial charge in [0, 0.05) is 25.3 Å². The summed E-state index contributed by atoms with van der Waals surface area (Å²) < 4.78 is 0. The average molecular weight is 235 g/mol. The highest BCUT2D eigenvalue weighted by Gasteiger charge is 2.14. The standard InChI is InChI=1S/C14H25N3/c1-11(2)14(10-17(4)5)16-9-13-12(3)7-6-8-15-13/h6-8,11,14,16H,9-10H2,1-5H3. The Hall–Kier alpha value is -0.930. The molecular formula is C14H25N3. The molecule has 0 saturated heterocycles. The minimum atomic E-state index is 0.506. The second-order valence-corrected chi connectivity index (χ2v) is 5.26. The number of hydrogen-bond acceptors (Lipinski definition) is 3. The molecule has 1 N–H and O–H groups in total. The molecule has 0 aliphatic rings. The zero-order chi connectivity index (χ0) is 12.8. The van der Waals surface area contributed by atoms with E-state index < -0.39 is 0 Å². The predicted molar refractivity (Wildman–Crippen MR) is 73.0 cm³/mol. The van der Waals surface area contributed by atoms with Gasteiger partial charge in [-0.15, -0.1) is 0 Å². The van der Waals surface area contributed by atoms with Gasteiger partial charge < -0.3 is 10.2 Å². The van der Waals surface area contributed by atoms with Crippen LogP contribution in [0.25, 0.3) is 0 Å². The first-order chi connectivity index (χ1) is 8.00. The molecule has 1 aromatic heterocycles. The van der Waals surface area contributed by atoms with Crippen molar-refractivity contribution in [3.63, 3.8) is 0 Å². The zero-order valence-corrected chi connectivity index (χ0v) is 11.7. The van der Waals surface area contributed by atoms with Crippen LogP contribution < -0.4 is 5.32 Å². The molecule has 1 atom stereocenters. The normalized spacial score (nSPS) is 13.4. The third-order valence-corrected chi connectivity index (χ3v) is 3.02. The first-order valence-corrected chi connectivity index (χ1v) is 6.29. The Morgan fingerprint density at radius 3 is 2.59 bits per heavy atom. The molecule has 0 radical (unpaired) electrons. The number of hydrogen-bond donors (Lipinski definition) is 1. The van der Waals surface area contributed by atoms with E-state index in [9.17, 15) is 0 Å². The van der Waals surface area contributed by atoms with Crippen LogP contribution in [0.4, 0.5) is 0 Å². The third-order valence-electron chi connectivity index (χ3n) is 3.02. The van der Waals surface area contributed by atoms with Gasteiger partial charge in [0.1, 0.15) is 0 Å². The van der Waals surface area contributed by atoms with Gasteiger partial charge in [0.15, 0.2) is 0 Å². The Morgan fingerprint density at radius 2 is 2.06 bits per heavy atom. The van der Waals surface area contributed by atoms with Crippen molar-refractivity contribution >= 4 is 0 Å². The molecule has 0 aromatic carbocycles. The van der Waals surface area contributed by atoms with Crippen LogP contribution in [0.15, 0.2) is 18.3 Å². The van der Waals surface area contributed by atoms with Crippen molar-refractivity contribution in [3.05, 3.63) is 29.6 Å².